The molecule has 7 N–H and O–H groups in total. The number of hydrogen-bond acceptors (Lipinski definition) is 13. The van der Waals surface area contributed by atoms with Crippen LogP contribution in [0.2, 0.25) is 5.02 Å². The lowest BCUT2D eigenvalue weighted by molar-refractivity contribution is -0.384. The number of hydrogen-bond donors (Lipinski definition) is 7. The number of anilines is 4. The second-order valence-electron chi connectivity index (χ2n) is 16.6. The van der Waals surface area contributed by atoms with Crippen LogP contribution < -0.4 is 26.0 Å². The van der Waals surface area contributed by atoms with Crippen molar-refractivity contribution in [2.45, 2.75) is 35.3 Å². The molecule has 1 amide bonds. The number of amides is 1. The van der Waals surface area contributed by atoms with Gasteiger partial charge in [0.25, 0.3) is 11.6 Å². The molecule has 7 rings (SSSR count). The van der Waals surface area contributed by atoms with Crippen LogP contribution in [-0.4, -0.2) is 120 Å². The quantitative estimate of drug-likeness (QED) is 0.00953. The molecule has 1 aliphatic rings. The minimum Gasteiger partial charge on any atom is -0.394 e. The fourth-order valence-electron chi connectivity index (χ4n) is 7.88. The highest BCUT2D eigenvalue weighted by atomic mass is 35.5. The third kappa shape index (κ3) is 14.6. The Balaban J connectivity index is 0.960. The van der Waals surface area contributed by atoms with Crippen molar-refractivity contribution in [3.8, 4) is 22.3 Å². The van der Waals surface area contributed by atoms with E-state index in [4.69, 9.17) is 11.6 Å². The average Bonchev–Trinajstić information content (AvgIpc) is 3.75. The number of nitrogens with zero attached hydrogens (tertiary/aromatic N) is 4. The number of halogens is 1. The van der Waals surface area contributed by atoms with Crippen molar-refractivity contribution in [2.75, 3.05) is 99.0 Å². The number of piperazine rings is 1. The van der Waals surface area contributed by atoms with Gasteiger partial charge in [0, 0.05) is 120 Å². The zero-order chi connectivity index (χ0) is 47.7. The highest BCUT2D eigenvalue weighted by Crippen LogP contribution is 2.39. The van der Waals surface area contributed by atoms with Crippen LogP contribution in [0.15, 0.2) is 137 Å². The molecular weight excluding hydrogens is 918 g/mol. The van der Waals surface area contributed by atoms with Gasteiger partial charge in [-0.3, -0.25) is 14.9 Å². The molecule has 0 saturated carbocycles. The zero-order valence-electron chi connectivity index (χ0n) is 38.2. The summed E-state index contributed by atoms with van der Waals surface area (Å²) in [4.78, 5) is 32.5. The Labute approximate surface area is 412 Å². The summed E-state index contributed by atoms with van der Waals surface area (Å²) >= 11 is 9.33. The highest BCUT2D eigenvalue weighted by Gasteiger charge is 2.25. The standard InChI is InChI=1S/C51H60ClN9O5S2/c1-58-28-30-59(31-29-58)26-6-22-56-51(64)50-49(46(37-11-13-39(52)14-12-37)35-60(50)27-21-43(63)36-62)38-7-5-8-42(33-38)54-24-23-53-40-15-17-41(18-16-40)57-68-45-19-20-47(48(34-45)61(65)66)55-25-32-67-44-9-3-2-4-10-44/h2-5,7-20,33-35,43,53-55,57,62-63H,6,21-32,36H2,1H3,(H,56,64)/t43-/m0/s1. The number of aliphatic hydroxyl groups excluding tert-OH is 2. The molecule has 358 valence electrons. The molecule has 0 radical (unpaired) electrons. The second kappa shape index (κ2) is 25.6. The van der Waals surface area contributed by atoms with E-state index in [1.807, 2.05) is 114 Å². The summed E-state index contributed by atoms with van der Waals surface area (Å²) in [5.41, 5.74) is 7.07. The van der Waals surface area contributed by atoms with E-state index >= 15 is 0 Å². The predicted molar refractivity (Wildman–Crippen MR) is 281 cm³/mol. The van der Waals surface area contributed by atoms with Crippen LogP contribution in [0.5, 0.6) is 0 Å². The van der Waals surface area contributed by atoms with Crippen molar-refractivity contribution in [3.63, 3.8) is 0 Å². The average molecular weight is 979 g/mol. The van der Waals surface area contributed by atoms with Crippen LogP contribution in [0.25, 0.3) is 22.3 Å². The molecule has 5 aromatic carbocycles. The minimum atomic E-state index is -0.917. The van der Waals surface area contributed by atoms with Gasteiger partial charge in [0.15, 0.2) is 0 Å². The third-order valence-corrected chi connectivity index (χ3v) is 13.7. The van der Waals surface area contributed by atoms with Crippen molar-refractivity contribution in [2.24, 2.45) is 0 Å². The van der Waals surface area contributed by atoms with Gasteiger partial charge in [-0.1, -0.05) is 54.1 Å². The van der Waals surface area contributed by atoms with Gasteiger partial charge in [0.1, 0.15) is 11.4 Å². The fourth-order valence-corrected chi connectivity index (χ4v) is 9.47. The Kier molecular flexibility index (Phi) is 18.9. The van der Waals surface area contributed by atoms with Crippen molar-refractivity contribution < 1.29 is 19.9 Å². The number of carbonyl (C=O) groups is 1. The molecule has 17 heteroatoms. The van der Waals surface area contributed by atoms with E-state index in [1.54, 1.807) is 23.9 Å². The molecule has 1 aliphatic heterocycles. The maximum Gasteiger partial charge on any atom is 0.293 e. The molecular formula is C51H60ClN9O5S2. The Morgan fingerprint density at radius 1 is 0.779 bits per heavy atom. The number of benzene rings is 5. The lowest BCUT2D eigenvalue weighted by atomic mass is 9.96. The number of aryl methyl sites for hydroxylation is 1. The van der Waals surface area contributed by atoms with Gasteiger partial charge in [-0.2, -0.15) is 0 Å². The van der Waals surface area contributed by atoms with Gasteiger partial charge >= 0.3 is 0 Å². The van der Waals surface area contributed by atoms with Crippen molar-refractivity contribution in [1.29, 1.82) is 0 Å². The highest BCUT2D eigenvalue weighted by molar-refractivity contribution is 8.00. The first-order valence-corrected chi connectivity index (χ1v) is 25.1. The van der Waals surface area contributed by atoms with Crippen LogP contribution in [0, 0.1) is 10.1 Å². The molecule has 6 aromatic rings. The Morgan fingerprint density at radius 2 is 1.51 bits per heavy atom. The molecule has 0 spiro atoms. The van der Waals surface area contributed by atoms with Gasteiger partial charge in [-0.25, -0.2) is 0 Å². The van der Waals surface area contributed by atoms with E-state index in [0.717, 1.165) is 94.0 Å². The molecule has 14 nitrogen and oxygen atoms in total. The predicted octanol–water partition coefficient (Wildman–Crippen LogP) is 9.34. The smallest absolute Gasteiger partial charge is 0.293 e. The lowest BCUT2D eigenvalue weighted by Gasteiger charge is -2.32. The number of aromatic nitrogens is 1. The largest absolute Gasteiger partial charge is 0.394 e. The van der Waals surface area contributed by atoms with E-state index in [1.165, 1.54) is 11.9 Å². The van der Waals surface area contributed by atoms with Crippen LogP contribution in [-0.2, 0) is 6.54 Å². The number of likely N-dealkylation sites (N-methyl/N-ethyl adjacent to an activating group) is 1. The van der Waals surface area contributed by atoms with Crippen molar-refractivity contribution >= 4 is 69.7 Å². The van der Waals surface area contributed by atoms with Crippen molar-refractivity contribution in [3.05, 3.63) is 148 Å². The van der Waals surface area contributed by atoms with E-state index in [-0.39, 0.29) is 29.5 Å². The summed E-state index contributed by atoms with van der Waals surface area (Å²) in [6.07, 6.45) is 2.14. The van der Waals surface area contributed by atoms with Crippen LogP contribution >= 0.6 is 35.3 Å². The molecule has 0 aliphatic carbocycles. The second-order valence-corrected chi connectivity index (χ2v) is 19.1. The maximum absolute atomic E-state index is 14.3. The fraction of sp³-hybridized carbons (Fsp3) is 0.314. The van der Waals surface area contributed by atoms with E-state index in [2.05, 4.69) is 48.9 Å². The molecule has 1 fully saturated rings. The first-order valence-electron chi connectivity index (χ1n) is 22.9. The number of rotatable bonds is 25. The summed E-state index contributed by atoms with van der Waals surface area (Å²) in [7, 11) is 2.14. The number of nitro groups is 1. The number of nitro benzene ring substituents is 1. The van der Waals surface area contributed by atoms with E-state index in [9.17, 15) is 25.1 Å². The number of aliphatic hydroxyl groups is 2. The first kappa shape index (κ1) is 50.2. The summed E-state index contributed by atoms with van der Waals surface area (Å²) in [6.45, 7) is 7.34. The molecule has 0 unspecified atom stereocenters. The van der Waals surface area contributed by atoms with Gasteiger partial charge < -0.3 is 50.6 Å². The summed E-state index contributed by atoms with van der Waals surface area (Å²) in [5, 5.41) is 45.9. The number of thioether (sulfide) groups is 1. The van der Waals surface area contributed by atoms with Gasteiger partial charge in [-0.15, -0.1) is 11.8 Å². The number of nitrogens with one attached hydrogen (secondary N) is 5. The SMILES string of the molecule is CN1CCN(CCCNC(=O)c2c(-c3cccc(NCCNc4ccc(NSc5ccc(NCCSc6ccccc6)c([N+](=O)[O-])c5)cc4)c3)c(-c3ccc(Cl)cc3)cn2CC[C@H](O)CO)CC1. The Hall–Kier alpha value is -5.72. The van der Waals surface area contributed by atoms with Gasteiger partial charge in [0.05, 0.1) is 17.6 Å². The summed E-state index contributed by atoms with van der Waals surface area (Å²) in [5.74, 6) is 0.580. The Bertz CT molecular complexity index is 2540. The number of carbonyl (C=O) groups excluding carboxylic acids is 1. The van der Waals surface area contributed by atoms with E-state index in [0.29, 0.717) is 49.1 Å². The van der Waals surface area contributed by atoms with Crippen LogP contribution in [0.3, 0.4) is 0 Å². The van der Waals surface area contributed by atoms with Crippen molar-refractivity contribution in [1.82, 2.24) is 19.7 Å². The van der Waals surface area contributed by atoms with E-state index < -0.39 is 6.10 Å². The topological polar surface area (TPSA) is 172 Å². The molecule has 0 bridgehead atoms. The third-order valence-electron chi connectivity index (χ3n) is 11.6. The zero-order valence-corrected chi connectivity index (χ0v) is 40.6. The van der Waals surface area contributed by atoms with Gasteiger partial charge in [-0.05, 0) is 122 Å². The van der Waals surface area contributed by atoms with Crippen LogP contribution in [0.1, 0.15) is 23.3 Å². The molecule has 1 aromatic heterocycles. The molecule has 68 heavy (non-hydrogen) atoms. The molecule has 2 heterocycles. The van der Waals surface area contributed by atoms with Gasteiger partial charge in [0.2, 0.25) is 0 Å². The normalized spacial score (nSPS) is 13.5. The molecule has 1 saturated heterocycles. The Morgan fingerprint density at radius 3 is 2.25 bits per heavy atom. The van der Waals surface area contributed by atoms with Crippen LogP contribution in [0.4, 0.5) is 28.4 Å². The summed E-state index contributed by atoms with van der Waals surface area (Å²) in [6, 6.07) is 38.7. The first-order chi connectivity index (χ1) is 33.1. The maximum atomic E-state index is 14.3. The lowest BCUT2D eigenvalue weighted by Crippen LogP contribution is -2.45. The monoisotopic (exact) mass is 977 g/mol. The molecule has 1 atom stereocenters. The minimum absolute atomic E-state index is 0.0325. The summed E-state index contributed by atoms with van der Waals surface area (Å²) < 4.78 is 5.19.